The maximum absolute atomic E-state index is 12.7. The molecule has 0 radical (unpaired) electrons. The first-order valence-corrected chi connectivity index (χ1v) is 8.23. The zero-order chi connectivity index (χ0) is 14.2. The molecule has 1 unspecified atom stereocenters. The average molecular weight is 297 g/mol. The van der Waals surface area contributed by atoms with Crippen LogP contribution in [0.2, 0.25) is 0 Å². The van der Waals surface area contributed by atoms with Crippen LogP contribution in [0.5, 0.6) is 0 Å². The summed E-state index contributed by atoms with van der Waals surface area (Å²) in [5, 5.41) is 0. The zero-order valence-corrected chi connectivity index (χ0v) is 12.0. The molecule has 2 aliphatic rings. The third kappa shape index (κ3) is 2.28. The van der Waals surface area contributed by atoms with E-state index in [1.54, 1.807) is 16.4 Å². The summed E-state index contributed by atoms with van der Waals surface area (Å²) in [5.41, 5.74) is 2.36. The molecular formula is C12H19N5O2S. The lowest BCUT2D eigenvalue weighted by Gasteiger charge is -2.36. The summed E-state index contributed by atoms with van der Waals surface area (Å²) in [6.45, 7) is 2.97. The van der Waals surface area contributed by atoms with Crippen LogP contribution in [-0.4, -0.2) is 54.8 Å². The molecule has 0 aliphatic carbocycles. The normalized spacial score (nSPS) is 24.6. The number of nitrogens with two attached hydrogens (primary N) is 1. The molecule has 1 aromatic heterocycles. The van der Waals surface area contributed by atoms with Gasteiger partial charge in [0, 0.05) is 31.9 Å². The Balaban J connectivity index is 1.88. The van der Waals surface area contributed by atoms with Crippen LogP contribution in [0.15, 0.2) is 23.2 Å². The minimum Gasteiger partial charge on any atom is -0.307 e. The van der Waals surface area contributed by atoms with Crippen LogP contribution in [0.4, 0.5) is 5.82 Å². The number of hydrogen-bond acceptors (Lipinski definition) is 6. The number of hydrogen-bond donors (Lipinski definition) is 2. The molecule has 2 aliphatic heterocycles. The van der Waals surface area contributed by atoms with Gasteiger partial charge in [0.1, 0.15) is 4.90 Å². The molecule has 1 atom stereocenters. The summed E-state index contributed by atoms with van der Waals surface area (Å²) >= 11 is 0. The fraction of sp³-hybridized carbons (Fsp3) is 0.583. The quantitative estimate of drug-likeness (QED) is 0.595. The highest BCUT2D eigenvalue weighted by molar-refractivity contribution is 7.89. The van der Waals surface area contributed by atoms with Crippen molar-refractivity contribution in [3.63, 3.8) is 0 Å². The SMILES string of the molecule is NNc1ncccc1S(=O)(=O)N1CCN2CCCC2C1. The number of anilines is 1. The Kier molecular flexibility index (Phi) is 3.63. The van der Waals surface area contributed by atoms with Gasteiger partial charge < -0.3 is 5.43 Å². The topological polar surface area (TPSA) is 91.6 Å². The largest absolute Gasteiger partial charge is 0.307 e. The van der Waals surface area contributed by atoms with Gasteiger partial charge in [-0.25, -0.2) is 19.2 Å². The van der Waals surface area contributed by atoms with Crippen molar-refractivity contribution in [2.45, 2.75) is 23.8 Å². The number of aromatic nitrogens is 1. The Morgan fingerprint density at radius 3 is 3.00 bits per heavy atom. The zero-order valence-electron chi connectivity index (χ0n) is 11.2. The van der Waals surface area contributed by atoms with E-state index in [1.165, 1.54) is 6.20 Å². The number of piperazine rings is 1. The van der Waals surface area contributed by atoms with E-state index >= 15 is 0 Å². The highest BCUT2D eigenvalue weighted by Gasteiger charge is 2.37. The molecule has 3 heterocycles. The minimum absolute atomic E-state index is 0.147. The van der Waals surface area contributed by atoms with Crippen molar-refractivity contribution in [1.29, 1.82) is 0 Å². The first-order valence-electron chi connectivity index (χ1n) is 6.79. The maximum atomic E-state index is 12.7. The number of hydrazine groups is 1. The second-order valence-corrected chi connectivity index (χ2v) is 7.10. The van der Waals surface area contributed by atoms with Crippen LogP contribution in [0.1, 0.15) is 12.8 Å². The smallest absolute Gasteiger partial charge is 0.246 e. The first-order chi connectivity index (χ1) is 9.63. The summed E-state index contributed by atoms with van der Waals surface area (Å²) in [6, 6.07) is 3.50. The van der Waals surface area contributed by atoms with Crippen molar-refractivity contribution in [3.8, 4) is 0 Å². The van der Waals surface area contributed by atoms with Gasteiger partial charge in [-0.1, -0.05) is 0 Å². The highest BCUT2D eigenvalue weighted by atomic mass is 32.2. The van der Waals surface area contributed by atoms with E-state index in [0.29, 0.717) is 19.1 Å². The van der Waals surface area contributed by atoms with Crippen molar-refractivity contribution < 1.29 is 8.42 Å². The van der Waals surface area contributed by atoms with Gasteiger partial charge >= 0.3 is 0 Å². The van der Waals surface area contributed by atoms with E-state index in [1.807, 2.05) is 0 Å². The number of nitrogens with one attached hydrogen (secondary N) is 1. The third-order valence-corrected chi connectivity index (χ3v) is 5.97. The fourth-order valence-electron chi connectivity index (χ4n) is 3.03. The lowest BCUT2D eigenvalue weighted by molar-refractivity contribution is 0.158. The van der Waals surface area contributed by atoms with Gasteiger partial charge in [0.15, 0.2) is 5.82 Å². The molecule has 2 fully saturated rings. The van der Waals surface area contributed by atoms with Crippen molar-refractivity contribution in [2.24, 2.45) is 5.84 Å². The minimum atomic E-state index is -3.54. The molecule has 2 saturated heterocycles. The maximum Gasteiger partial charge on any atom is 0.246 e. The fourth-order valence-corrected chi connectivity index (χ4v) is 4.60. The lowest BCUT2D eigenvalue weighted by Crippen LogP contribution is -2.52. The van der Waals surface area contributed by atoms with Crippen LogP contribution < -0.4 is 11.3 Å². The Labute approximate surface area is 118 Å². The summed E-state index contributed by atoms with van der Waals surface area (Å²) < 4.78 is 27.0. The molecule has 0 bridgehead atoms. The van der Waals surface area contributed by atoms with Crippen LogP contribution in [0, 0.1) is 0 Å². The molecule has 0 saturated carbocycles. The number of sulfonamides is 1. The van der Waals surface area contributed by atoms with Crippen molar-refractivity contribution in [1.82, 2.24) is 14.2 Å². The number of fused-ring (bicyclic) bond motifs is 1. The lowest BCUT2D eigenvalue weighted by atomic mass is 10.2. The van der Waals surface area contributed by atoms with E-state index in [4.69, 9.17) is 5.84 Å². The van der Waals surface area contributed by atoms with E-state index in [-0.39, 0.29) is 10.7 Å². The molecule has 0 amide bonds. The predicted octanol–water partition coefficient (Wildman–Crippen LogP) is -0.164. The molecule has 0 aromatic carbocycles. The summed E-state index contributed by atoms with van der Waals surface area (Å²) in [6.07, 6.45) is 3.74. The van der Waals surface area contributed by atoms with Crippen molar-refractivity contribution in [2.75, 3.05) is 31.6 Å². The van der Waals surface area contributed by atoms with Gasteiger partial charge in [0.25, 0.3) is 0 Å². The molecule has 1 aromatic rings. The Hall–Kier alpha value is -1.22. The number of pyridine rings is 1. The van der Waals surface area contributed by atoms with Crippen molar-refractivity contribution >= 4 is 15.8 Å². The summed E-state index contributed by atoms with van der Waals surface area (Å²) in [5.74, 6) is 5.55. The van der Waals surface area contributed by atoms with Crippen LogP contribution in [0.25, 0.3) is 0 Å². The Morgan fingerprint density at radius 1 is 1.35 bits per heavy atom. The van der Waals surface area contributed by atoms with Gasteiger partial charge in [0.2, 0.25) is 10.0 Å². The molecule has 3 N–H and O–H groups in total. The standard InChI is InChI=1S/C12H19N5O2S/c13-15-12-11(4-1-5-14-12)20(18,19)17-8-7-16-6-2-3-10(16)9-17/h1,4-5,10H,2-3,6-9,13H2,(H,14,15). The first kappa shape index (κ1) is 13.7. The molecule has 7 nitrogen and oxygen atoms in total. The second kappa shape index (κ2) is 5.28. The summed E-state index contributed by atoms with van der Waals surface area (Å²) in [4.78, 5) is 6.49. The Morgan fingerprint density at radius 2 is 2.20 bits per heavy atom. The number of nitrogens with zero attached hydrogens (tertiary/aromatic N) is 3. The predicted molar refractivity (Wildman–Crippen MR) is 75.4 cm³/mol. The molecule has 110 valence electrons. The van der Waals surface area contributed by atoms with Gasteiger partial charge in [-0.15, -0.1) is 0 Å². The van der Waals surface area contributed by atoms with E-state index in [9.17, 15) is 8.42 Å². The molecule has 3 rings (SSSR count). The third-order valence-electron chi connectivity index (χ3n) is 4.08. The van der Waals surface area contributed by atoms with Crippen LogP contribution in [0.3, 0.4) is 0 Å². The van der Waals surface area contributed by atoms with E-state index in [2.05, 4.69) is 15.3 Å². The Bertz CT molecular complexity index is 591. The molecule has 20 heavy (non-hydrogen) atoms. The molecule has 0 spiro atoms. The van der Waals surface area contributed by atoms with Crippen LogP contribution >= 0.6 is 0 Å². The van der Waals surface area contributed by atoms with Crippen LogP contribution in [-0.2, 0) is 10.0 Å². The molecular weight excluding hydrogens is 278 g/mol. The molecule has 8 heteroatoms. The van der Waals surface area contributed by atoms with Gasteiger partial charge in [-0.3, -0.25) is 4.90 Å². The van der Waals surface area contributed by atoms with Gasteiger partial charge in [0.05, 0.1) is 0 Å². The van der Waals surface area contributed by atoms with E-state index < -0.39 is 10.0 Å². The van der Waals surface area contributed by atoms with Crippen molar-refractivity contribution in [3.05, 3.63) is 18.3 Å². The highest BCUT2D eigenvalue weighted by Crippen LogP contribution is 2.27. The van der Waals surface area contributed by atoms with Gasteiger partial charge in [-0.2, -0.15) is 4.31 Å². The van der Waals surface area contributed by atoms with Gasteiger partial charge in [-0.05, 0) is 31.5 Å². The number of rotatable bonds is 3. The average Bonchev–Trinajstić information content (AvgIpc) is 2.94. The number of nitrogen functional groups attached to an aromatic ring is 1. The monoisotopic (exact) mass is 297 g/mol. The second-order valence-electron chi connectivity index (χ2n) is 5.19. The summed E-state index contributed by atoms with van der Waals surface area (Å²) in [7, 11) is -3.54. The van der Waals surface area contributed by atoms with E-state index in [0.717, 1.165) is 25.9 Å².